The van der Waals surface area contributed by atoms with Crippen LogP contribution in [-0.2, 0) is 19.8 Å². The largest absolute Gasteiger partial charge is 0.541 e. The highest BCUT2D eigenvalue weighted by molar-refractivity contribution is 9.10. The molecule has 0 amide bonds. The van der Waals surface area contributed by atoms with Crippen molar-refractivity contribution in [1.29, 1.82) is 0 Å². The number of nitrogens with zero attached hydrogens (tertiary/aromatic N) is 2. The normalized spacial score (nSPS) is 13.2. The van der Waals surface area contributed by atoms with Gasteiger partial charge >= 0.3 is 0 Å². The molecule has 0 radical (unpaired) electrons. The molecule has 0 aliphatic carbocycles. The number of halogens is 2. The Labute approximate surface area is 298 Å². The maximum Gasteiger partial charge on any atom is 0.265 e. The van der Waals surface area contributed by atoms with Crippen molar-refractivity contribution in [2.75, 3.05) is 12.9 Å². The van der Waals surface area contributed by atoms with Gasteiger partial charge in [0.25, 0.3) is 18.4 Å². The van der Waals surface area contributed by atoms with Gasteiger partial charge in [-0.3, -0.25) is 4.18 Å². The molecule has 258 valence electrons. The quantitative estimate of drug-likeness (QED) is 0.0716. The van der Waals surface area contributed by atoms with Gasteiger partial charge in [0, 0.05) is 17.8 Å². The second-order valence-electron chi connectivity index (χ2n) is 13.4. The van der Waals surface area contributed by atoms with Crippen LogP contribution in [0.15, 0.2) is 114 Å². The van der Waals surface area contributed by atoms with Gasteiger partial charge in [-0.15, -0.1) is 0 Å². The summed E-state index contributed by atoms with van der Waals surface area (Å²) >= 11 is 3.57. The van der Waals surface area contributed by atoms with Gasteiger partial charge in [-0.2, -0.15) is 8.42 Å². The minimum Gasteiger partial charge on any atom is -0.541 e. The van der Waals surface area contributed by atoms with Crippen LogP contribution in [0.4, 0.5) is 4.39 Å². The molecule has 0 aliphatic heterocycles. The van der Waals surface area contributed by atoms with Crippen LogP contribution in [0.5, 0.6) is 11.5 Å². The standard InChI is InChI=1S/C38H42BrFN2O5SSi/c1-8-45-30-24-31(34(40)32(25-30)47-49(6,7)37(2,3)4)35(46-48(5,43)44)36-41-33(39)26-42(36)38(27-18-12-9-13-19-27,28-20-14-10-15-21-28)29-22-16-11-17-23-29/h9-26,35H,8H2,1-7H3. The van der Waals surface area contributed by atoms with Crippen LogP contribution in [-0.4, -0.2) is 39.1 Å². The van der Waals surface area contributed by atoms with Crippen LogP contribution in [0, 0.1) is 5.82 Å². The highest BCUT2D eigenvalue weighted by Crippen LogP contribution is 2.46. The number of hydrogen-bond acceptors (Lipinski definition) is 6. The maximum absolute atomic E-state index is 17.0. The van der Waals surface area contributed by atoms with E-state index in [0.717, 1.165) is 22.9 Å². The number of imidazole rings is 1. The second-order valence-corrected chi connectivity index (χ2v) is 20.5. The molecule has 0 aliphatic rings. The molecule has 5 rings (SSSR count). The zero-order valence-electron chi connectivity index (χ0n) is 28.8. The lowest BCUT2D eigenvalue weighted by Crippen LogP contribution is -2.44. The fraction of sp³-hybridized carbons (Fsp3) is 0.289. The van der Waals surface area contributed by atoms with Gasteiger partial charge in [-0.1, -0.05) is 112 Å². The van der Waals surface area contributed by atoms with Crippen molar-refractivity contribution in [3.8, 4) is 11.5 Å². The second kappa shape index (κ2) is 14.2. The summed E-state index contributed by atoms with van der Waals surface area (Å²) in [5.41, 5.74) is 1.39. The number of hydrogen-bond donors (Lipinski definition) is 0. The van der Waals surface area contributed by atoms with Crippen molar-refractivity contribution in [1.82, 2.24) is 9.55 Å². The summed E-state index contributed by atoms with van der Waals surface area (Å²) in [7, 11) is -6.75. The summed E-state index contributed by atoms with van der Waals surface area (Å²) in [5, 5.41) is -0.244. The molecule has 5 aromatic rings. The van der Waals surface area contributed by atoms with E-state index < -0.39 is 35.9 Å². The molecular formula is C38H42BrFN2O5SSi. The summed E-state index contributed by atoms with van der Waals surface area (Å²) < 4.78 is 63.7. The van der Waals surface area contributed by atoms with E-state index in [1.165, 1.54) is 12.1 Å². The topological polar surface area (TPSA) is 79.7 Å². The molecule has 0 N–H and O–H groups in total. The molecule has 1 aromatic heterocycles. The molecular weight excluding hydrogens is 723 g/mol. The minimum atomic E-state index is -4.19. The Bertz CT molecular complexity index is 1900. The molecule has 0 fully saturated rings. The zero-order chi connectivity index (χ0) is 35.6. The number of ether oxygens (including phenoxy) is 1. The van der Waals surface area contributed by atoms with Crippen LogP contribution in [0.2, 0.25) is 18.1 Å². The van der Waals surface area contributed by atoms with Crippen molar-refractivity contribution in [2.45, 2.75) is 57.5 Å². The molecule has 0 saturated carbocycles. The molecule has 1 heterocycles. The lowest BCUT2D eigenvalue weighted by atomic mass is 9.76. The van der Waals surface area contributed by atoms with Gasteiger partial charge in [0.2, 0.25) is 0 Å². The first-order valence-corrected chi connectivity index (χ1v) is 21.6. The lowest BCUT2D eigenvalue weighted by Gasteiger charge is -2.39. The van der Waals surface area contributed by atoms with Gasteiger partial charge in [0.15, 0.2) is 11.9 Å². The van der Waals surface area contributed by atoms with E-state index in [-0.39, 0.29) is 22.2 Å². The Hall–Kier alpha value is -3.77. The fourth-order valence-corrected chi connectivity index (χ4v) is 7.65. The summed E-state index contributed by atoms with van der Waals surface area (Å²) in [5.74, 6) is -0.336. The van der Waals surface area contributed by atoms with E-state index in [2.05, 4.69) is 36.7 Å². The average Bonchev–Trinajstić information content (AvgIpc) is 3.43. The van der Waals surface area contributed by atoms with Crippen LogP contribution in [0.3, 0.4) is 0 Å². The maximum atomic E-state index is 17.0. The molecule has 0 bridgehead atoms. The van der Waals surface area contributed by atoms with Crippen molar-refractivity contribution < 1.29 is 26.2 Å². The first-order valence-electron chi connectivity index (χ1n) is 16.0. The van der Waals surface area contributed by atoms with E-state index >= 15 is 4.39 Å². The third-order valence-electron chi connectivity index (χ3n) is 8.95. The van der Waals surface area contributed by atoms with Crippen LogP contribution in [0.25, 0.3) is 0 Å². The summed E-state index contributed by atoms with van der Waals surface area (Å²) in [6, 6.07) is 32.5. The van der Waals surface area contributed by atoms with Crippen LogP contribution < -0.4 is 9.16 Å². The van der Waals surface area contributed by atoms with E-state index in [1.54, 1.807) is 6.20 Å². The molecule has 49 heavy (non-hydrogen) atoms. The Morgan fingerprint density at radius 2 is 1.37 bits per heavy atom. The Morgan fingerprint density at radius 3 is 1.80 bits per heavy atom. The first-order chi connectivity index (χ1) is 23.1. The third kappa shape index (κ3) is 7.55. The number of aromatic nitrogens is 2. The van der Waals surface area contributed by atoms with Crippen LogP contribution >= 0.6 is 15.9 Å². The molecule has 1 unspecified atom stereocenters. The van der Waals surface area contributed by atoms with E-state index in [1.807, 2.05) is 116 Å². The SMILES string of the molecule is CCOc1cc(O[Si](C)(C)C(C)(C)C)c(F)c(C(OS(C)(=O)=O)c2nc(Br)cn2C(c2ccccc2)(c2ccccc2)c2ccccc2)c1. The Morgan fingerprint density at radius 1 is 0.878 bits per heavy atom. The summed E-state index contributed by atoms with van der Waals surface area (Å²) in [6.07, 6.45) is 1.18. The molecule has 4 aromatic carbocycles. The summed E-state index contributed by atoms with van der Waals surface area (Å²) in [6.45, 7) is 12.3. The van der Waals surface area contributed by atoms with Gasteiger partial charge in [0.1, 0.15) is 27.5 Å². The molecule has 7 nitrogen and oxygen atoms in total. The zero-order valence-corrected chi connectivity index (χ0v) is 32.2. The minimum absolute atomic E-state index is 0.0349. The number of rotatable bonds is 12. The van der Waals surface area contributed by atoms with Crippen molar-refractivity contribution in [2.24, 2.45) is 0 Å². The predicted octanol–water partition coefficient (Wildman–Crippen LogP) is 9.47. The molecule has 0 saturated heterocycles. The fourth-order valence-electron chi connectivity index (χ4n) is 5.72. The first kappa shape index (κ1) is 36.5. The Kier molecular flexibility index (Phi) is 10.6. The highest BCUT2D eigenvalue weighted by Gasteiger charge is 2.44. The van der Waals surface area contributed by atoms with Crippen molar-refractivity contribution in [3.05, 3.63) is 148 Å². The third-order valence-corrected chi connectivity index (χ3v) is 14.2. The van der Waals surface area contributed by atoms with E-state index in [4.69, 9.17) is 18.3 Å². The van der Waals surface area contributed by atoms with E-state index in [0.29, 0.717) is 17.0 Å². The number of benzene rings is 4. The van der Waals surface area contributed by atoms with Crippen LogP contribution in [0.1, 0.15) is 61.9 Å². The average molecular weight is 766 g/mol. The van der Waals surface area contributed by atoms with Gasteiger partial charge in [0.05, 0.1) is 12.9 Å². The smallest absolute Gasteiger partial charge is 0.265 e. The van der Waals surface area contributed by atoms with Gasteiger partial charge < -0.3 is 13.7 Å². The lowest BCUT2D eigenvalue weighted by molar-refractivity contribution is 0.227. The molecule has 1 atom stereocenters. The van der Waals surface area contributed by atoms with Gasteiger partial charge in [-0.25, -0.2) is 9.37 Å². The van der Waals surface area contributed by atoms with Crippen molar-refractivity contribution >= 4 is 34.4 Å². The predicted molar refractivity (Wildman–Crippen MR) is 198 cm³/mol. The van der Waals surface area contributed by atoms with E-state index in [9.17, 15) is 8.42 Å². The van der Waals surface area contributed by atoms with Crippen molar-refractivity contribution in [3.63, 3.8) is 0 Å². The molecule has 11 heteroatoms. The molecule has 0 spiro atoms. The Balaban J connectivity index is 1.89. The van der Waals surface area contributed by atoms with Gasteiger partial charge in [-0.05, 0) is 63.7 Å². The monoisotopic (exact) mass is 764 g/mol. The summed E-state index contributed by atoms with van der Waals surface area (Å²) in [4.78, 5) is 4.82. The highest BCUT2D eigenvalue weighted by atomic mass is 79.9.